The van der Waals surface area contributed by atoms with Crippen molar-refractivity contribution in [3.05, 3.63) is 41.4 Å². The maximum atomic E-state index is 14.5. The molecule has 0 radical (unpaired) electrons. The van der Waals surface area contributed by atoms with E-state index < -0.39 is 17.8 Å². The van der Waals surface area contributed by atoms with Gasteiger partial charge in [-0.15, -0.1) is 10.2 Å². The van der Waals surface area contributed by atoms with Crippen LogP contribution in [0, 0.1) is 5.82 Å². The molecule has 1 aliphatic heterocycles. The molecule has 1 fully saturated rings. The number of hydrogen-bond acceptors (Lipinski definition) is 6. The molecule has 0 saturated carbocycles. The first-order valence-electron chi connectivity index (χ1n) is 8.07. The molecule has 1 aromatic heterocycles. The number of hydrogen-bond donors (Lipinski definition) is 0. The van der Waals surface area contributed by atoms with Crippen molar-refractivity contribution in [3.8, 4) is 5.75 Å². The Bertz CT molecular complexity index is 762. The molecule has 8 heteroatoms. The van der Waals surface area contributed by atoms with Crippen LogP contribution in [-0.4, -0.2) is 47.9 Å². The molecule has 1 saturated heterocycles. The summed E-state index contributed by atoms with van der Waals surface area (Å²) >= 11 is 0. The van der Waals surface area contributed by atoms with Gasteiger partial charge in [0.05, 0.1) is 25.9 Å². The number of amides is 1. The zero-order chi connectivity index (χ0) is 18.0. The van der Waals surface area contributed by atoms with E-state index in [1.807, 2.05) is 13.8 Å². The van der Waals surface area contributed by atoms with E-state index >= 15 is 0 Å². The number of methoxy groups -OCH3 is 1. The predicted octanol–water partition coefficient (Wildman–Crippen LogP) is 2.55. The van der Waals surface area contributed by atoms with Gasteiger partial charge in [0, 0.05) is 12.5 Å². The summed E-state index contributed by atoms with van der Waals surface area (Å²) in [6, 6.07) is 3.93. The van der Waals surface area contributed by atoms with Crippen LogP contribution in [0.2, 0.25) is 0 Å². The van der Waals surface area contributed by atoms with E-state index in [0.29, 0.717) is 24.9 Å². The van der Waals surface area contributed by atoms with Crippen molar-refractivity contribution < 1.29 is 23.1 Å². The highest BCUT2D eigenvalue weighted by Gasteiger charge is 2.34. The summed E-state index contributed by atoms with van der Waals surface area (Å²) in [6.45, 7) is 4.75. The van der Waals surface area contributed by atoms with Crippen LogP contribution in [0.4, 0.5) is 4.39 Å². The van der Waals surface area contributed by atoms with E-state index in [0.717, 1.165) is 0 Å². The second-order valence-corrected chi connectivity index (χ2v) is 6.04. The molecule has 1 atom stereocenters. The largest absolute Gasteiger partial charge is 0.494 e. The summed E-state index contributed by atoms with van der Waals surface area (Å²) in [6.07, 6.45) is 0. The lowest BCUT2D eigenvalue weighted by molar-refractivity contribution is -0.0110. The van der Waals surface area contributed by atoms with Crippen LogP contribution in [0.5, 0.6) is 5.75 Å². The summed E-state index contributed by atoms with van der Waals surface area (Å²) in [7, 11) is 1.36. The van der Waals surface area contributed by atoms with Gasteiger partial charge in [-0.2, -0.15) is 0 Å². The molecule has 1 amide bonds. The Morgan fingerprint density at radius 1 is 1.40 bits per heavy atom. The van der Waals surface area contributed by atoms with Gasteiger partial charge in [-0.3, -0.25) is 4.79 Å². The van der Waals surface area contributed by atoms with Gasteiger partial charge < -0.3 is 18.8 Å². The minimum Gasteiger partial charge on any atom is -0.494 e. The number of halogens is 1. The van der Waals surface area contributed by atoms with Crippen LogP contribution in [0.15, 0.2) is 22.6 Å². The van der Waals surface area contributed by atoms with Crippen molar-refractivity contribution in [2.45, 2.75) is 25.8 Å². The fourth-order valence-corrected chi connectivity index (χ4v) is 2.65. The summed E-state index contributed by atoms with van der Waals surface area (Å²) in [5, 5.41) is 8.03. The summed E-state index contributed by atoms with van der Waals surface area (Å²) in [4.78, 5) is 14.4. The molecule has 0 aliphatic carbocycles. The highest BCUT2D eigenvalue weighted by atomic mass is 19.1. The van der Waals surface area contributed by atoms with E-state index in [4.69, 9.17) is 13.9 Å². The number of morpholine rings is 1. The minimum atomic E-state index is -0.686. The zero-order valence-electron chi connectivity index (χ0n) is 14.4. The fourth-order valence-electron chi connectivity index (χ4n) is 2.65. The Kier molecular flexibility index (Phi) is 4.98. The highest BCUT2D eigenvalue weighted by Crippen LogP contribution is 2.28. The third-order valence-corrected chi connectivity index (χ3v) is 4.04. The maximum Gasteiger partial charge on any atom is 0.257 e. The highest BCUT2D eigenvalue weighted by molar-refractivity contribution is 5.95. The molecule has 0 unspecified atom stereocenters. The molecule has 0 bridgehead atoms. The number of aromatic nitrogens is 2. The van der Waals surface area contributed by atoms with Crippen LogP contribution >= 0.6 is 0 Å². The molecule has 0 N–H and O–H groups in total. The molecule has 0 spiro atoms. The van der Waals surface area contributed by atoms with Gasteiger partial charge in [-0.05, 0) is 12.1 Å². The number of rotatable bonds is 4. The second kappa shape index (κ2) is 7.18. The number of benzene rings is 1. The lowest BCUT2D eigenvalue weighted by Crippen LogP contribution is -2.43. The molecule has 2 heterocycles. The predicted molar refractivity (Wildman–Crippen MR) is 85.9 cm³/mol. The monoisotopic (exact) mass is 349 g/mol. The van der Waals surface area contributed by atoms with Gasteiger partial charge in [0.15, 0.2) is 11.6 Å². The summed E-state index contributed by atoms with van der Waals surface area (Å²) < 4.78 is 30.5. The van der Waals surface area contributed by atoms with Crippen molar-refractivity contribution in [1.82, 2.24) is 15.1 Å². The Morgan fingerprint density at radius 2 is 2.20 bits per heavy atom. The SMILES string of the molecule is COc1cccc(C(=O)N2CCOC[C@H]2c2nnc(C(C)C)o2)c1F. The van der Waals surface area contributed by atoms with Gasteiger partial charge in [-0.25, -0.2) is 4.39 Å². The van der Waals surface area contributed by atoms with Crippen LogP contribution in [0.3, 0.4) is 0 Å². The Balaban J connectivity index is 1.91. The lowest BCUT2D eigenvalue weighted by atomic mass is 10.1. The van der Waals surface area contributed by atoms with Crippen molar-refractivity contribution in [2.75, 3.05) is 26.9 Å². The van der Waals surface area contributed by atoms with Gasteiger partial charge in [0.1, 0.15) is 6.04 Å². The van der Waals surface area contributed by atoms with E-state index in [2.05, 4.69) is 10.2 Å². The van der Waals surface area contributed by atoms with E-state index in [9.17, 15) is 9.18 Å². The molecule has 134 valence electrons. The van der Waals surface area contributed by atoms with Crippen molar-refractivity contribution in [2.24, 2.45) is 0 Å². The van der Waals surface area contributed by atoms with Gasteiger partial charge >= 0.3 is 0 Å². The van der Waals surface area contributed by atoms with E-state index in [1.54, 1.807) is 6.07 Å². The van der Waals surface area contributed by atoms with Crippen molar-refractivity contribution in [3.63, 3.8) is 0 Å². The normalized spacial score (nSPS) is 17.8. The van der Waals surface area contributed by atoms with Gasteiger partial charge in [-0.1, -0.05) is 19.9 Å². The Hall–Kier alpha value is -2.48. The minimum absolute atomic E-state index is 0.0237. The van der Waals surface area contributed by atoms with Crippen LogP contribution in [0.1, 0.15) is 47.9 Å². The first-order valence-corrected chi connectivity index (χ1v) is 8.07. The lowest BCUT2D eigenvalue weighted by Gasteiger charge is -2.33. The molecule has 7 nitrogen and oxygen atoms in total. The molecule has 1 aliphatic rings. The zero-order valence-corrected chi connectivity index (χ0v) is 14.4. The van der Waals surface area contributed by atoms with Crippen molar-refractivity contribution in [1.29, 1.82) is 0 Å². The number of carbonyl (C=O) groups is 1. The van der Waals surface area contributed by atoms with Gasteiger partial charge in [0.25, 0.3) is 5.91 Å². The average molecular weight is 349 g/mol. The Labute approximate surface area is 144 Å². The van der Waals surface area contributed by atoms with Crippen LogP contribution < -0.4 is 4.74 Å². The van der Waals surface area contributed by atoms with Crippen LogP contribution in [0.25, 0.3) is 0 Å². The average Bonchev–Trinajstić information content (AvgIpc) is 3.12. The second-order valence-electron chi connectivity index (χ2n) is 6.04. The first-order chi connectivity index (χ1) is 12.0. The molecular weight excluding hydrogens is 329 g/mol. The Morgan fingerprint density at radius 3 is 2.88 bits per heavy atom. The van der Waals surface area contributed by atoms with E-state index in [-0.39, 0.29) is 23.8 Å². The van der Waals surface area contributed by atoms with E-state index in [1.165, 1.54) is 24.1 Å². The molecule has 3 rings (SSSR count). The molecule has 25 heavy (non-hydrogen) atoms. The van der Waals surface area contributed by atoms with Crippen molar-refractivity contribution >= 4 is 5.91 Å². The third kappa shape index (κ3) is 3.34. The van der Waals surface area contributed by atoms with Gasteiger partial charge in [0.2, 0.25) is 11.8 Å². The molecule has 2 aromatic rings. The quantitative estimate of drug-likeness (QED) is 0.844. The third-order valence-electron chi connectivity index (χ3n) is 4.04. The van der Waals surface area contributed by atoms with Crippen LogP contribution in [-0.2, 0) is 4.74 Å². The first kappa shape index (κ1) is 17.3. The number of ether oxygens (including phenoxy) is 2. The summed E-state index contributed by atoms with van der Waals surface area (Å²) in [5.41, 5.74) is -0.0603. The number of nitrogens with zero attached hydrogens (tertiary/aromatic N) is 3. The molecule has 1 aromatic carbocycles. The smallest absolute Gasteiger partial charge is 0.257 e. The topological polar surface area (TPSA) is 77.7 Å². The standard InChI is InChI=1S/C17H20FN3O4/c1-10(2)15-19-20-16(25-15)12-9-24-8-7-21(12)17(22)11-5-4-6-13(23-3)14(11)18/h4-6,10,12H,7-9H2,1-3H3/t12-/m0/s1. The number of carbonyl (C=O) groups excluding carboxylic acids is 1. The molecular formula is C17H20FN3O4. The maximum absolute atomic E-state index is 14.5. The summed E-state index contributed by atoms with van der Waals surface area (Å²) in [5.74, 6) is -0.274. The fraction of sp³-hybridized carbons (Fsp3) is 0.471.